The van der Waals surface area contributed by atoms with Crippen molar-refractivity contribution in [2.24, 2.45) is 0 Å². The molecule has 1 aliphatic rings. The van der Waals surface area contributed by atoms with Crippen LogP contribution in [0.2, 0.25) is 5.02 Å². The first-order valence-electron chi connectivity index (χ1n) is 8.01. The first-order chi connectivity index (χ1) is 12.3. The van der Waals surface area contributed by atoms with E-state index < -0.39 is 11.7 Å². The summed E-state index contributed by atoms with van der Waals surface area (Å²) in [5, 5.41) is 3.97. The van der Waals surface area contributed by atoms with Gasteiger partial charge in [-0.1, -0.05) is 11.6 Å². The fourth-order valence-electron chi connectivity index (χ4n) is 3.10. The highest BCUT2D eigenvalue weighted by molar-refractivity contribution is 7.14. The number of nitrogens with zero attached hydrogens (tertiary/aromatic N) is 3. The lowest BCUT2D eigenvalue weighted by Crippen LogP contribution is -2.49. The number of alkyl halides is 3. The average Bonchev–Trinajstić information content (AvgIpc) is 3.19. The minimum Gasteiger partial charge on any atom is -0.359 e. The molecule has 0 spiro atoms. The Bertz CT molecular complexity index is 951. The largest absolute Gasteiger partial charge is 0.417 e. The number of aromatic amines is 1. The van der Waals surface area contributed by atoms with Gasteiger partial charge in [0.15, 0.2) is 5.82 Å². The van der Waals surface area contributed by atoms with E-state index >= 15 is 0 Å². The molecular weight excluding hydrogens is 387 g/mol. The number of aromatic nitrogens is 3. The molecule has 3 aromatic rings. The zero-order chi connectivity index (χ0) is 18.5. The van der Waals surface area contributed by atoms with Crippen LogP contribution in [0, 0.1) is 0 Å². The SMILES string of the molecule is C[C@@H]1CN(c2scnc2-c2nc3cc(Cl)c(C(F)(F)F)cc3[nH]2)CCN1. The maximum absolute atomic E-state index is 13.1. The zero-order valence-electron chi connectivity index (χ0n) is 13.7. The number of halogens is 4. The molecule has 1 aromatic carbocycles. The summed E-state index contributed by atoms with van der Waals surface area (Å²) in [4.78, 5) is 14.0. The van der Waals surface area contributed by atoms with E-state index in [4.69, 9.17) is 11.6 Å². The molecule has 1 aliphatic heterocycles. The first-order valence-corrected chi connectivity index (χ1v) is 9.27. The lowest BCUT2D eigenvalue weighted by molar-refractivity contribution is -0.137. The number of hydrogen-bond acceptors (Lipinski definition) is 5. The molecule has 4 rings (SSSR count). The van der Waals surface area contributed by atoms with E-state index in [2.05, 4.69) is 32.1 Å². The Hall–Kier alpha value is -1.84. The molecular formula is C16H15ClF3N5S. The lowest BCUT2D eigenvalue weighted by Gasteiger charge is -2.32. The van der Waals surface area contributed by atoms with Gasteiger partial charge in [0.25, 0.3) is 0 Å². The maximum Gasteiger partial charge on any atom is 0.417 e. The van der Waals surface area contributed by atoms with E-state index in [1.807, 2.05) is 0 Å². The van der Waals surface area contributed by atoms with Crippen LogP contribution in [0.4, 0.5) is 18.2 Å². The van der Waals surface area contributed by atoms with Gasteiger partial charge in [0.2, 0.25) is 0 Å². The number of thiazole rings is 1. The first kappa shape index (κ1) is 17.6. The molecule has 0 saturated carbocycles. The molecule has 138 valence electrons. The van der Waals surface area contributed by atoms with Crippen molar-refractivity contribution in [3.8, 4) is 11.5 Å². The van der Waals surface area contributed by atoms with Gasteiger partial charge in [0.05, 0.1) is 27.1 Å². The minimum atomic E-state index is -4.51. The number of imidazole rings is 1. The van der Waals surface area contributed by atoms with Gasteiger partial charge in [-0.3, -0.25) is 0 Å². The van der Waals surface area contributed by atoms with Gasteiger partial charge in [-0.25, -0.2) is 9.97 Å². The quantitative estimate of drug-likeness (QED) is 0.677. The summed E-state index contributed by atoms with van der Waals surface area (Å²) in [6.07, 6.45) is -4.51. The molecule has 2 N–H and O–H groups in total. The van der Waals surface area contributed by atoms with Crippen molar-refractivity contribution in [3.63, 3.8) is 0 Å². The second kappa shape index (κ2) is 6.40. The number of hydrogen-bond donors (Lipinski definition) is 2. The standard InChI is InChI=1S/C16H15ClF3N5S/c1-8-6-25(3-2-21-8)15-13(22-7-26-15)14-23-11-4-9(16(18,19)20)10(17)5-12(11)24-14/h4-5,7-8,21H,2-3,6H2,1H3,(H,23,24)/t8-/m1/s1. The lowest BCUT2D eigenvalue weighted by atomic mass is 10.2. The number of piperazine rings is 1. The predicted octanol–water partition coefficient (Wildman–Crippen LogP) is 4.16. The third kappa shape index (κ3) is 3.15. The molecule has 1 fully saturated rings. The van der Waals surface area contributed by atoms with E-state index in [0.29, 0.717) is 23.1 Å². The smallest absolute Gasteiger partial charge is 0.359 e. The molecule has 1 saturated heterocycles. The van der Waals surface area contributed by atoms with E-state index in [1.54, 1.807) is 5.51 Å². The Morgan fingerprint density at radius 1 is 1.35 bits per heavy atom. The minimum absolute atomic E-state index is 0.282. The van der Waals surface area contributed by atoms with E-state index in [1.165, 1.54) is 17.4 Å². The fraction of sp³-hybridized carbons (Fsp3) is 0.375. The van der Waals surface area contributed by atoms with Gasteiger partial charge in [0.1, 0.15) is 10.7 Å². The Labute approximate surface area is 156 Å². The molecule has 3 heterocycles. The van der Waals surface area contributed by atoms with Crippen LogP contribution in [0.25, 0.3) is 22.6 Å². The van der Waals surface area contributed by atoms with Gasteiger partial charge < -0.3 is 15.2 Å². The zero-order valence-corrected chi connectivity index (χ0v) is 15.3. The summed E-state index contributed by atoms with van der Waals surface area (Å²) in [6, 6.07) is 2.58. The Kier molecular flexibility index (Phi) is 4.32. The number of nitrogens with one attached hydrogen (secondary N) is 2. The van der Waals surface area contributed by atoms with Crippen LogP contribution in [-0.2, 0) is 6.18 Å². The molecule has 2 aromatic heterocycles. The Morgan fingerprint density at radius 3 is 2.88 bits per heavy atom. The van der Waals surface area contributed by atoms with Gasteiger partial charge in [0, 0.05) is 25.7 Å². The van der Waals surface area contributed by atoms with E-state index in [0.717, 1.165) is 30.7 Å². The molecule has 5 nitrogen and oxygen atoms in total. The Morgan fingerprint density at radius 2 is 2.15 bits per heavy atom. The second-order valence-corrected chi connectivity index (χ2v) is 7.48. The average molecular weight is 402 g/mol. The van der Waals surface area contributed by atoms with Crippen LogP contribution >= 0.6 is 22.9 Å². The molecule has 0 aliphatic carbocycles. The summed E-state index contributed by atoms with van der Waals surface area (Å²) in [7, 11) is 0. The van der Waals surface area contributed by atoms with Crippen molar-refractivity contribution in [1.82, 2.24) is 20.3 Å². The van der Waals surface area contributed by atoms with E-state index in [9.17, 15) is 13.2 Å². The molecule has 26 heavy (non-hydrogen) atoms. The van der Waals surface area contributed by atoms with Crippen molar-refractivity contribution >= 4 is 39.0 Å². The number of anilines is 1. The highest BCUT2D eigenvalue weighted by Gasteiger charge is 2.34. The van der Waals surface area contributed by atoms with Crippen molar-refractivity contribution in [3.05, 3.63) is 28.2 Å². The fourth-order valence-corrected chi connectivity index (χ4v) is 4.20. The Balaban J connectivity index is 1.75. The summed E-state index contributed by atoms with van der Waals surface area (Å²) in [5.74, 6) is 0.442. The normalized spacial score (nSPS) is 18.7. The predicted molar refractivity (Wildman–Crippen MR) is 96.9 cm³/mol. The van der Waals surface area contributed by atoms with Crippen molar-refractivity contribution < 1.29 is 13.2 Å². The highest BCUT2D eigenvalue weighted by Crippen LogP contribution is 2.38. The number of fused-ring (bicyclic) bond motifs is 1. The molecule has 0 radical (unpaired) electrons. The number of H-pyrrole nitrogens is 1. The molecule has 0 amide bonds. The third-order valence-corrected chi connectivity index (χ3v) is 5.50. The third-order valence-electron chi connectivity index (χ3n) is 4.31. The number of rotatable bonds is 2. The van der Waals surface area contributed by atoms with Gasteiger partial charge >= 0.3 is 6.18 Å². The van der Waals surface area contributed by atoms with Gasteiger partial charge in [-0.05, 0) is 19.1 Å². The van der Waals surface area contributed by atoms with Crippen molar-refractivity contribution in [2.75, 3.05) is 24.5 Å². The summed E-state index contributed by atoms with van der Waals surface area (Å²) >= 11 is 7.28. The summed E-state index contributed by atoms with van der Waals surface area (Å²) in [5.41, 5.74) is 2.15. The van der Waals surface area contributed by atoms with Crippen LogP contribution in [0.1, 0.15) is 12.5 Å². The highest BCUT2D eigenvalue weighted by atomic mass is 35.5. The maximum atomic E-state index is 13.1. The van der Waals surface area contributed by atoms with E-state index in [-0.39, 0.29) is 10.5 Å². The monoisotopic (exact) mass is 401 g/mol. The molecule has 0 unspecified atom stereocenters. The van der Waals surface area contributed by atoms with Gasteiger partial charge in [-0.15, -0.1) is 11.3 Å². The second-order valence-electron chi connectivity index (χ2n) is 6.24. The number of benzene rings is 1. The van der Waals surface area contributed by atoms with Crippen molar-refractivity contribution in [1.29, 1.82) is 0 Å². The van der Waals surface area contributed by atoms with Crippen LogP contribution < -0.4 is 10.2 Å². The van der Waals surface area contributed by atoms with Crippen LogP contribution in [0.5, 0.6) is 0 Å². The molecule has 0 bridgehead atoms. The van der Waals surface area contributed by atoms with Crippen LogP contribution in [-0.4, -0.2) is 40.6 Å². The topological polar surface area (TPSA) is 56.8 Å². The molecule has 10 heteroatoms. The van der Waals surface area contributed by atoms with Crippen LogP contribution in [0.15, 0.2) is 17.6 Å². The van der Waals surface area contributed by atoms with Crippen LogP contribution in [0.3, 0.4) is 0 Å². The van der Waals surface area contributed by atoms with Crippen molar-refractivity contribution in [2.45, 2.75) is 19.1 Å². The van der Waals surface area contributed by atoms with Gasteiger partial charge in [-0.2, -0.15) is 13.2 Å². The summed E-state index contributed by atoms with van der Waals surface area (Å²) in [6.45, 7) is 4.64. The summed E-state index contributed by atoms with van der Waals surface area (Å²) < 4.78 is 39.2. The molecule has 1 atom stereocenters.